The summed E-state index contributed by atoms with van der Waals surface area (Å²) in [5.41, 5.74) is 0.946. The number of halogens is 1. The Bertz CT molecular complexity index is 393. The quantitative estimate of drug-likeness (QED) is 0.777. The van der Waals surface area contributed by atoms with E-state index in [9.17, 15) is 10.2 Å². The molecule has 0 aliphatic carbocycles. The van der Waals surface area contributed by atoms with E-state index in [1.54, 1.807) is 12.1 Å². The lowest BCUT2D eigenvalue weighted by molar-refractivity contribution is 0.130. The highest BCUT2D eigenvalue weighted by Gasteiger charge is 2.21. The molecule has 1 aliphatic rings. The number of phenols is 1. The maximum atomic E-state index is 9.62. The number of aliphatic hydroxyl groups excluding tert-OH is 1. The molecule has 5 heteroatoms. The fraction of sp³-hybridized carbons (Fsp3) is 0.538. The third-order valence-electron chi connectivity index (χ3n) is 3.34. The van der Waals surface area contributed by atoms with Crippen LogP contribution in [0.15, 0.2) is 18.2 Å². The fourth-order valence-electron chi connectivity index (χ4n) is 2.34. The monoisotopic (exact) mass is 270 g/mol. The Labute approximate surface area is 112 Å². The van der Waals surface area contributed by atoms with Gasteiger partial charge in [-0.05, 0) is 30.7 Å². The zero-order valence-corrected chi connectivity index (χ0v) is 11.0. The number of hydrogen-bond donors (Lipinski definition) is 3. The van der Waals surface area contributed by atoms with Gasteiger partial charge in [0.05, 0.1) is 17.7 Å². The van der Waals surface area contributed by atoms with Gasteiger partial charge in [0.2, 0.25) is 0 Å². The molecule has 1 atom stereocenters. The topological polar surface area (TPSA) is 55.7 Å². The average molecular weight is 271 g/mol. The number of rotatable bonds is 3. The maximum absolute atomic E-state index is 9.62. The van der Waals surface area contributed by atoms with Crippen molar-refractivity contribution in [1.29, 1.82) is 0 Å². The van der Waals surface area contributed by atoms with Crippen LogP contribution in [0.25, 0.3) is 0 Å². The molecule has 2 rings (SSSR count). The largest absolute Gasteiger partial charge is 0.506 e. The Morgan fingerprint density at radius 3 is 2.89 bits per heavy atom. The summed E-state index contributed by atoms with van der Waals surface area (Å²) in [7, 11) is 0. The molecule has 18 heavy (non-hydrogen) atoms. The Morgan fingerprint density at radius 1 is 1.33 bits per heavy atom. The molecular weight excluding hydrogens is 252 g/mol. The van der Waals surface area contributed by atoms with Gasteiger partial charge in [0.25, 0.3) is 0 Å². The van der Waals surface area contributed by atoms with Crippen LogP contribution in [0, 0.1) is 0 Å². The number of aromatic hydroxyl groups is 1. The highest BCUT2D eigenvalue weighted by atomic mass is 35.5. The summed E-state index contributed by atoms with van der Waals surface area (Å²) in [6.07, 6.45) is 1.07. The van der Waals surface area contributed by atoms with Gasteiger partial charge >= 0.3 is 0 Å². The minimum Gasteiger partial charge on any atom is -0.506 e. The van der Waals surface area contributed by atoms with Crippen molar-refractivity contribution in [3.63, 3.8) is 0 Å². The van der Waals surface area contributed by atoms with Gasteiger partial charge in [-0.2, -0.15) is 0 Å². The second-order valence-electron chi connectivity index (χ2n) is 4.55. The number of phenolic OH excluding ortho intramolecular Hbond substituents is 1. The smallest absolute Gasteiger partial charge is 0.134 e. The van der Waals surface area contributed by atoms with Crippen LogP contribution in [0.3, 0.4) is 0 Å². The number of nitrogens with one attached hydrogen (secondary N) is 1. The number of aliphatic hydroxyl groups is 1. The van der Waals surface area contributed by atoms with Gasteiger partial charge < -0.3 is 15.5 Å². The molecule has 0 aromatic heterocycles. The van der Waals surface area contributed by atoms with Crippen molar-refractivity contribution in [3.8, 4) is 5.75 Å². The summed E-state index contributed by atoms with van der Waals surface area (Å²) in [6.45, 7) is 3.87. The molecule has 0 bridgehead atoms. The molecule has 0 radical (unpaired) electrons. The van der Waals surface area contributed by atoms with Crippen molar-refractivity contribution >= 4 is 11.6 Å². The second kappa shape index (κ2) is 6.38. The second-order valence-corrected chi connectivity index (χ2v) is 4.96. The van der Waals surface area contributed by atoms with E-state index in [0.29, 0.717) is 5.02 Å². The van der Waals surface area contributed by atoms with Gasteiger partial charge in [-0.15, -0.1) is 0 Å². The molecule has 1 fully saturated rings. The van der Waals surface area contributed by atoms with E-state index in [2.05, 4.69) is 10.2 Å². The van der Waals surface area contributed by atoms with Crippen LogP contribution in [-0.4, -0.2) is 47.9 Å². The van der Waals surface area contributed by atoms with Crippen LogP contribution in [0.1, 0.15) is 18.0 Å². The zero-order valence-electron chi connectivity index (χ0n) is 10.3. The Kier molecular flexibility index (Phi) is 4.83. The molecule has 1 unspecified atom stereocenters. The van der Waals surface area contributed by atoms with Gasteiger partial charge in [-0.25, -0.2) is 0 Å². The summed E-state index contributed by atoms with van der Waals surface area (Å²) >= 11 is 5.92. The predicted octanol–water partition coefficient (Wildman–Crippen LogP) is 1.37. The van der Waals surface area contributed by atoms with E-state index >= 15 is 0 Å². The Morgan fingerprint density at radius 2 is 2.17 bits per heavy atom. The molecular formula is C13H19ClN2O2. The highest BCUT2D eigenvalue weighted by molar-refractivity contribution is 6.32. The average Bonchev–Trinajstić information content (AvgIpc) is 2.64. The lowest BCUT2D eigenvalue weighted by Gasteiger charge is -2.29. The molecule has 1 aliphatic heterocycles. The summed E-state index contributed by atoms with van der Waals surface area (Å²) < 4.78 is 0. The van der Waals surface area contributed by atoms with Crippen molar-refractivity contribution in [2.45, 2.75) is 12.5 Å². The van der Waals surface area contributed by atoms with Crippen LogP contribution in [-0.2, 0) is 0 Å². The van der Waals surface area contributed by atoms with Gasteiger partial charge in [0, 0.05) is 19.6 Å². The fourth-order valence-corrected chi connectivity index (χ4v) is 2.53. The molecule has 0 spiro atoms. The SMILES string of the molecule is OCC(c1ccc(O)c(Cl)c1)N1CCCNCC1. The third-order valence-corrected chi connectivity index (χ3v) is 3.65. The predicted molar refractivity (Wildman–Crippen MR) is 72.0 cm³/mol. The molecule has 1 heterocycles. The first-order valence-corrected chi connectivity index (χ1v) is 6.64. The molecule has 0 amide bonds. The standard InChI is InChI=1S/C13H19ClN2O2/c14-11-8-10(2-3-13(11)18)12(9-17)16-6-1-4-15-5-7-16/h2-3,8,12,15,17-18H,1,4-7,9H2. The van der Waals surface area contributed by atoms with Crippen molar-refractivity contribution in [3.05, 3.63) is 28.8 Å². The molecule has 1 saturated heterocycles. The number of hydrogen-bond acceptors (Lipinski definition) is 4. The highest BCUT2D eigenvalue weighted by Crippen LogP contribution is 2.29. The van der Waals surface area contributed by atoms with Crippen molar-refractivity contribution < 1.29 is 10.2 Å². The zero-order chi connectivity index (χ0) is 13.0. The van der Waals surface area contributed by atoms with Crippen molar-refractivity contribution in [2.75, 3.05) is 32.8 Å². The van der Waals surface area contributed by atoms with Gasteiger partial charge in [0.1, 0.15) is 5.75 Å². The summed E-state index contributed by atoms with van der Waals surface area (Å²) in [4.78, 5) is 2.25. The minimum atomic E-state index is -0.0528. The molecule has 1 aromatic carbocycles. The van der Waals surface area contributed by atoms with Crippen LogP contribution >= 0.6 is 11.6 Å². The van der Waals surface area contributed by atoms with Gasteiger partial charge in [-0.1, -0.05) is 17.7 Å². The molecule has 1 aromatic rings. The Balaban J connectivity index is 2.17. The van der Waals surface area contributed by atoms with Crippen LogP contribution in [0.2, 0.25) is 5.02 Å². The maximum Gasteiger partial charge on any atom is 0.134 e. The van der Waals surface area contributed by atoms with E-state index in [1.165, 1.54) is 0 Å². The molecule has 3 N–H and O–H groups in total. The number of nitrogens with zero attached hydrogens (tertiary/aromatic N) is 1. The van der Waals surface area contributed by atoms with E-state index in [4.69, 9.17) is 11.6 Å². The van der Waals surface area contributed by atoms with Crippen LogP contribution in [0.5, 0.6) is 5.75 Å². The molecule has 100 valence electrons. The first-order valence-electron chi connectivity index (χ1n) is 6.26. The van der Waals surface area contributed by atoms with Crippen molar-refractivity contribution in [1.82, 2.24) is 10.2 Å². The van der Waals surface area contributed by atoms with Gasteiger partial charge in [-0.3, -0.25) is 4.90 Å². The first kappa shape index (κ1) is 13.6. The van der Waals surface area contributed by atoms with E-state index in [0.717, 1.165) is 38.2 Å². The minimum absolute atomic E-state index is 0.0528. The van der Waals surface area contributed by atoms with Crippen molar-refractivity contribution in [2.24, 2.45) is 0 Å². The molecule has 4 nitrogen and oxygen atoms in total. The lowest BCUT2D eigenvalue weighted by Crippen LogP contribution is -2.34. The Hall–Kier alpha value is -0.810. The molecule has 0 saturated carbocycles. The third kappa shape index (κ3) is 3.14. The van der Waals surface area contributed by atoms with E-state index < -0.39 is 0 Å². The van der Waals surface area contributed by atoms with Crippen LogP contribution < -0.4 is 5.32 Å². The summed E-state index contributed by atoms with van der Waals surface area (Å²) in [5.74, 6) is 0.0784. The summed E-state index contributed by atoms with van der Waals surface area (Å²) in [6, 6.07) is 5.08. The van der Waals surface area contributed by atoms with E-state index in [1.807, 2.05) is 6.07 Å². The normalized spacial score (nSPS) is 19.4. The number of benzene rings is 1. The van der Waals surface area contributed by atoms with E-state index in [-0.39, 0.29) is 18.4 Å². The van der Waals surface area contributed by atoms with Gasteiger partial charge in [0.15, 0.2) is 0 Å². The van der Waals surface area contributed by atoms with Crippen LogP contribution in [0.4, 0.5) is 0 Å². The first-order chi connectivity index (χ1) is 8.72. The summed E-state index contributed by atoms with van der Waals surface area (Å²) in [5, 5.41) is 22.7. The lowest BCUT2D eigenvalue weighted by atomic mass is 10.1.